The molecule has 0 saturated carbocycles. The zero-order chi connectivity index (χ0) is 35.8. The van der Waals surface area contributed by atoms with Gasteiger partial charge in [0.25, 0.3) is 5.91 Å². The van der Waals surface area contributed by atoms with Gasteiger partial charge in [0.1, 0.15) is 0 Å². The van der Waals surface area contributed by atoms with E-state index in [1.165, 1.54) is 0 Å². The third-order valence-electron chi connectivity index (χ3n) is 11.0. The Morgan fingerprint density at radius 2 is 1.43 bits per heavy atom. The Morgan fingerprint density at radius 1 is 0.745 bits per heavy atom. The summed E-state index contributed by atoms with van der Waals surface area (Å²) in [7, 11) is 0. The van der Waals surface area contributed by atoms with Gasteiger partial charge in [0, 0.05) is 63.3 Å². The number of ether oxygens (including phenoxy) is 1. The van der Waals surface area contributed by atoms with Crippen molar-refractivity contribution in [3.63, 3.8) is 0 Å². The van der Waals surface area contributed by atoms with Gasteiger partial charge in [0.05, 0.1) is 28.7 Å². The number of halogens is 2. The van der Waals surface area contributed by atoms with Crippen LogP contribution in [-0.4, -0.2) is 110 Å². The maximum Gasteiger partial charge on any atom is 0.320 e. The quantitative estimate of drug-likeness (QED) is 0.229. The van der Waals surface area contributed by atoms with Crippen LogP contribution in [0.3, 0.4) is 0 Å². The Kier molecular flexibility index (Phi) is 12.2. The fraction of sp³-hybridized carbons (Fsp3) is 0.475. The largest absolute Gasteiger partial charge is 0.465 e. The van der Waals surface area contributed by atoms with Crippen molar-refractivity contribution in [1.29, 1.82) is 0 Å². The molecule has 0 spiro atoms. The molecule has 3 aliphatic rings. The zero-order valence-electron chi connectivity index (χ0n) is 29.5. The van der Waals surface area contributed by atoms with E-state index >= 15 is 0 Å². The Labute approximate surface area is 311 Å². The first-order valence-electron chi connectivity index (χ1n) is 18.2. The lowest BCUT2D eigenvalue weighted by Gasteiger charge is -2.44. The van der Waals surface area contributed by atoms with Gasteiger partial charge in [-0.25, -0.2) is 4.79 Å². The molecule has 1 unspecified atom stereocenters. The number of carbonyl (C=O) groups excluding carboxylic acids is 3. The summed E-state index contributed by atoms with van der Waals surface area (Å²) in [5.74, 6) is -0.162. The van der Waals surface area contributed by atoms with E-state index in [4.69, 9.17) is 27.9 Å². The van der Waals surface area contributed by atoms with Gasteiger partial charge in [-0.1, -0.05) is 77.8 Å². The highest BCUT2D eigenvalue weighted by molar-refractivity contribution is 6.42. The van der Waals surface area contributed by atoms with Gasteiger partial charge in [0.15, 0.2) is 0 Å². The van der Waals surface area contributed by atoms with Crippen molar-refractivity contribution in [1.82, 2.24) is 24.9 Å². The van der Waals surface area contributed by atoms with Crippen LogP contribution in [0, 0.1) is 0 Å². The number of piperidine rings is 1. The SMILES string of the molecule is CCOC(=O)CN1CCN(C(=O)NC2(c3ccccc3)CCN(CCCC3(c4ccc(Cl)c(Cl)c4)CCN(C(=O)c4ccccc4)C3)CC2)CC1. The van der Waals surface area contributed by atoms with E-state index < -0.39 is 5.54 Å². The van der Waals surface area contributed by atoms with E-state index in [2.05, 4.69) is 28.4 Å². The number of piperazine rings is 1. The van der Waals surface area contributed by atoms with Gasteiger partial charge < -0.3 is 24.8 Å². The molecular weight excluding hydrogens is 685 g/mol. The number of esters is 1. The smallest absolute Gasteiger partial charge is 0.320 e. The first kappa shape index (κ1) is 37.1. The molecule has 3 saturated heterocycles. The van der Waals surface area contributed by atoms with Crippen LogP contribution in [0.5, 0.6) is 0 Å². The van der Waals surface area contributed by atoms with Crippen LogP contribution in [0.25, 0.3) is 0 Å². The second kappa shape index (κ2) is 16.8. The minimum absolute atomic E-state index is 0.0532. The van der Waals surface area contributed by atoms with Gasteiger partial charge in [0.2, 0.25) is 0 Å². The molecule has 1 atom stereocenters. The zero-order valence-corrected chi connectivity index (χ0v) is 31.0. The number of nitrogens with one attached hydrogen (secondary N) is 1. The van der Waals surface area contributed by atoms with Crippen molar-refractivity contribution in [2.45, 2.75) is 50.0 Å². The van der Waals surface area contributed by atoms with E-state index in [0.29, 0.717) is 61.5 Å². The molecule has 1 N–H and O–H groups in total. The van der Waals surface area contributed by atoms with E-state index in [9.17, 15) is 14.4 Å². The highest BCUT2D eigenvalue weighted by Crippen LogP contribution is 2.42. The number of likely N-dealkylation sites (tertiary alicyclic amines) is 2. The first-order chi connectivity index (χ1) is 24.7. The first-order valence-corrected chi connectivity index (χ1v) is 19.0. The number of hydrogen-bond donors (Lipinski definition) is 1. The number of hydrogen-bond acceptors (Lipinski definition) is 6. The number of rotatable bonds is 11. The predicted octanol–water partition coefficient (Wildman–Crippen LogP) is 6.44. The van der Waals surface area contributed by atoms with Crippen molar-refractivity contribution in [3.8, 4) is 0 Å². The van der Waals surface area contributed by atoms with Gasteiger partial charge in [-0.2, -0.15) is 0 Å². The molecule has 3 aromatic carbocycles. The topological polar surface area (TPSA) is 85.4 Å². The minimum Gasteiger partial charge on any atom is -0.465 e. The Hall–Kier alpha value is -3.63. The molecular formula is C40H49Cl2N5O4. The number of carbonyl (C=O) groups is 3. The summed E-state index contributed by atoms with van der Waals surface area (Å²) in [5, 5.41) is 4.54. The van der Waals surface area contributed by atoms with Gasteiger partial charge in [-0.05, 0) is 81.0 Å². The predicted molar refractivity (Wildman–Crippen MR) is 201 cm³/mol. The molecule has 3 aromatic rings. The van der Waals surface area contributed by atoms with Crippen LogP contribution in [0.4, 0.5) is 4.79 Å². The lowest BCUT2D eigenvalue weighted by atomic mass is 9.75. The minimum atomic E-state index is -0.456. The Bertz CT molecular complexity index is 1640. The number of amides is 3. The molecule has 11 heteroatoms. The van der Waals surface area contributed by atoms with Crippen molar-refractivity contribution >= 4 is 41.1 Å². The summed E-state index contributed by atoms with van der Waals surface area (Å²) in [4.78, 5) is 47.5. The molecule has 0 aliphatic carbocycles. The summed E-state index contributed by atoms with van der Waals surface area (Å²) >= 11 is 12.9. The second-order valence-electron chi connectivity index (χ2n) is 14.1. The van der Waals surface area contributed by atoms with Crippen molar-refractivity contribution in [3.05, 3.63) is 106 Å². The van der Waals surface area contributed by atoms with Crippen LogP contribution < -0.4 is 5.32 Å². The van der Waals surface area contributed by atoms with Crippen LogP contribution >= 0.6 is 23.2 Å². The summed E-state index contributed by atoms with van der Waals surface area (Å²) in [5.41, 5.74) is 2.30. The number of nitrogens with zero attached hydrogens (tertiary/aromatic N) is 4. The van der Waals surface area contributed by atoms with Crippen LogP contribution in [0.1, 0.15) is 60.5 Å². The molecule has 9 nitrogen and oxygen atoms in total. The summed E-state index contributed by atoms with van der Waals surface area (Å²) in [6, 6.07) is 25.7. The normalized spacial score (nSPS) is 21.0. The third kappa shape index (κ3) is 8.88. The summed E-state index contributed by atoms with van der Waals surface area (Å²) in [6.45, 7) is 8.83. The summed E-state index contributed by atoms with van der Waals surface area (Å²) < 4.78 is 5.10. The van der Waals surface area contributed by atoms with Crippen LogP contribution in [-0.2, 0) is 20.5 Å². The monoisotopic (exact) mass is 733 g/mol. The molecule has 3 fully saturated rings. The molecule has 51 heavy (non-hydrogen) atoms. The number of urea groups is 1. The van der Waals surface area contributed by atoms with Crippen molar-refractivity contribution in [2.24, 2.45) is 0 Å². The molecule has 3 amide bonds. The summed E-state index contributed by atoms with van der Waals surface area (Å²) in [6.07, 6.45) is 4.37. The highest BCUT2D eigenvalue weighted by Gasteiger charge is 2.42. The molecule has 6 rings (SSSR count). The average molecular weight is 735 g/mol. The standard InChI is InChI=1S/C40H49Cl2N5O4/c1-2-51-36(48)29-45-24-26-46(27-25-45)38(50)43-40(32-12-7-4-8-13-32)18-21-44(22-19-40)20-9-16-39(33-14-15-34(41)35(42)28-33)17-23-47(30-39)37(49)31-10-5-3-6-11-31/h3-8,10-15,28H,2,9,16-27,29-30H2,1H3,(H,43,50). The van der Waals surface area contributed by atoms with Crippen LogP contribution in [0.15, 0.2) is 78.9 Å². The number of benzene rings is 3. The van der Waals surface area contributed by atoms with Gasteiger partial charge in [-0.15, -0.1) is 0 Å². The van der Waals surface area contributed by atoms with E-state index in [1.54, 1.807) is 0 Å². The molecule has 0 aromatic heterocycles. The van der Waals surface area contributed by atoms with E-state index in [1.807, 2.05) is 82.3 Å². The van der Waals surface area contributed by atoms with E-state index in [-0.39, 0.29) is 29.9 Å². The van der Waals surface area contributed by atoms with Crippen molar-refractivity contribution < 1.29 is 19.1 Å². The molecule has 3 heterocycles. The van der Waals surface area contributed by atoms with Gasteiger partial charge in [-0.3, -0.25) is 14.5 Å². The maximum absolute atomic E-state index is 13.7. The Balaban J connectivity index is 1.08. The van der Waals surface area contributed by atoms with Crippen molar-refractivity contribution in [2.75, 3.05) is 72.1 Å². The molecule has 0 radical (unpaired) electrons. The fourth-order valence-electron chi connectivity index (χ4n) is 8.04. The Morgan fingerprint density at radius 3 is 2.10 bits per heavy atom. The fourth-order valence-corrected chi connectivity index (χ4v) is 8.34. The second-order valence-corrected chi connectivity index (χ2v) is 15.0. The lowest BCUT2D eigenvalue weighted by molar-refractivity contribution is -0.144. The lowest BCUT2D eigenvalue weighted by Crippen LogP contribution is -2.59. The maximum atomic E-state index is 13.7. The molecule has 0 bridgehead atoms. The highest BCUT2D eigenvalue weighted by atomic mass is 35.5. The third-order valence-corrected chi connectivity index (χ3v) is 11.8. The van der Waals surface area contributed by atoms with Gasteiger partial charge >= 0.3 is 12.0 Å². The van der Waals surface area contributed by atoms with E-state index in [0.717, 1.165) is 62.9 Å². The van der Waals surface area contributed by atoms with Crippen LogP contribution in [0.2, 0.25) is 10.0 Å². The average Bonchev–Trinajstić information content (AvgIpc) is 3.59. The molecule has 3 aliphatic heterocycles. The molecule has 272 valence electrons.